The maximum Gasteiger partial charge on any atom is 0.340 e. The summed E-state index contributed by atoms with van der Waals surface area (Å²) in [6.45, 7) is 3.98. The normalized spacial score (nSPS) is 15.9. The number of nitrogens with two attached hydrogens (primary N) is 1. The van der Waals surface area contributed by atoms with Crippen molar-refractivity contribution in [2.24, 2.45) is 5.14 Å². The van der Waals surface area contributed by atoms with Gasteiger partial charge in [-0.2, -0.15) is 4.31 Å². The first-order valence-corrected chi connectivity index (χ1v) is 11.9. The number of nitrogens with zero attached hydrogens (tertiary/aromatic N) is 3. The van der Waals surface area contributed by atoms with Gasteiger partial charge in [-0.25, -0.2) is 26.8 Å². The Morgan fingerprint density at radius 3 is 2.27 bits per heavy atom. The van der Waals surface area contributed by atoms with Gasteiger partial charge in [0.2, 0.25) is 20.0 Å². The molecule has 1 saturated heterocycles. The third-order valence-electron chi connectivity index (χ3n) is 4.85. The predicted molar refractivity (Wildman–Crippen MR) is 106 cm³/mol. The standard InChI is InChI=1S/C17H22N4O7S2/c1-11-16(12(2)28-19-11)30(25,26)21-8-6-20(7-9-21)15-5-4-13(29(18,23)24)10-14(15)17(22)27-3/h4-5,10H,6-9H2,1-3H3,(H2,18,23,24). The molecule has 0 unspecified atom stereocenters. The number of esters is 1. The van der Waals surface area contributed by atoms with Gasteiger partial charge in [-0.15, -0.1) is 0 Å². The molecule has 1 aliphatic rings. The number of piperazine rings is 1. The van der Waals surface area contributed by atoms with E-state index in [4.69, 9.17) is 14.4 Å². The molecule has 0 amide bonds. The van der Waals surface area contributed by atoms with Crippen molar-refractivity contribution in [3.05, 3.63) is 35.2 Å². The number of rotatable bonds is 5. The minimum absolute atomic E-state index is 0.0334. The Hall–Kier alpha value is -2.48. The average molecular weight is 459 g/mol. The number of ether oxygens (including phenoxy) is 1. The Kier molecular flexibility index (Phi) is 5.91. The molecule has 0 radical (unpaired) electrons. The van der Waals surface area contributed by atoms with Crippen LogP contribution in [-0.2, 0) is 24.8 Å². The molecule has 164 valence electrons. The lowest BCUT2D eigenvalue weighted by molar-refractivity contribution is 0.0601. The maximum atomic E-state index is 13.0. The number of hydrogen-bond acceptors (Lipinski definition) is 9. The second kappa shape index (κ2) is 7.98. The highest BCUT2D eigenvalue weighted by Crippen LogP contribution is 2.28. The summed E-state index contributed by atoms with van der Waals surface area (Å²) in [6.07, 6.45) is 0. The highest BCUT2D eigenvalue weighted by atomic mass is 32.2. The molecule has 0 bridgehead atoms. The van der Waals surface area contributed by atoms with E-state index in [0.29, 0.717) is 11.4 Å². The Balaban J connectivity index is 1.87. The zero-order valence-corrected chi connectivity index (χ0v) is 18.3. The number of aromatic nitrogens is 1. The van der Waals surface area contributed by atoms with Gasteiger partial charge in [-0.05, 0) is 32.0 Å². The van der Waals surface area contributed by atoms with Crippen LogP contribution in [0, 0.1) is 13.8 Å². The molecule has 30 heavy (non-hydrogen) atoms. The molecule has 2 aromatic rings. The zero-order chi connectivity index (χ0) is 22.3. The first-order valence-electron chi connectivity index (χ1n) is 8.90. The van der Waals surface area contributed by atoms with Crippen molar-refractivity contribution in [1.29, 1.82) is 0 Å². The van der Waals surface area contributed by atoms with Gasteiger partial charge in [-0.1, -0.05) is 5.16 Å². The Labute approximate surface area is 174 Å². The van der Waals surface area contributed by atoms with Crippen LogP contribution in [0.25, 0.3) is 0 Å². The Morgan fingerprint density at radius 2 is 1.77 bits per heavy atom. The molecule has 1 fully saturated rings. The Morgan fingerprint density at radius 1 is 1.13 bits per heavy atom. The van der Waals surface area contributed by atoms with Crippen LogP contribution >= 0.6 is 0 Å². The summed E-state index contributed by atoms with van der Waals surface area (Å²) in [5, 5.41) is 8.86. The zero-order valence-electron chi connectivity index (χ0n) is 16.7. The van der Waals surface area contributed by atoms with Crippen molar-refractivity contribution in [3.63, 3.8) is 0 Å². The van der Waals surface area contributed by atoms with E-state index in [0.717, 1.165) is 6.07 Å². The lowest BCUT2D eigenvalue weighted by Crippen LogP contribution is -2.49. The minimum Gasteiger partial charge on any atom is -0.465 e. The van der Waals surface area contributed by atoms with E-state index in [1.54, 1.807) is 18.7 Å². The van der Waals surface area contributed by atoms with Crippen LogP contribution in [0.4, 0.5) is 5.69 Å². The number of carbonyl (C=O) groups is 1. The van der Waals surface area contributed by atoms with Gasteiger partial charge in [0.05, 0.1) is 23.3 Å². The van der Waals surface area contributed by atoms with Crippen molar-refractivity contribution < 1.29 is 30.9 Å². The number of primary sulfonamides is 1. The summed E-state index contributed by atoms with van der Waals surface area (Å²) < 4.78 is 60.3. The molecule has 0 spiro atoms. The number of anilines is 1. The SMILES string of the molecule is COC(=O)c1cc(S(N)(=O)=O)ccc1N1CCN(S(=O)(=O)c2c(C)noc2C)CC1. The molecule has 11 nitrogen and oxygen atoms in total. The molecule has 1 aromatic heterocycles. The lowest BCUT2D eigenvalue weighted by atomic mass is 10.1. The van der Waals surface area contributed by atoms with Gasteiger partial charge >= 0.3 is 5.97 Å². The Bertz CT molecular complexity index is 1160. The van der Waals surface area contributed by atoms with Crippen LogP contribution in [-0.4, -0.2) is 65.6 Å². The third-order valence-corrected chi connectivity index (χ3v) is 7.90. The van der Waals surface area contributed by atoms with Crippen LogP contribution in [0.1, 0.15) is 21.8 Å². The van der Waals surface area contributed by atoms with E-state index >= 15 is 0 Å². The lowest BCUT2D eigenvalue weighted by Gasteiger charge is -2.36. The summed E-state index contributed by atoms with van der Waals surface area (Å²) >= 11 is 0. The quantitative estimate of drug-likeness (QED) is 0.621. The molecule has 0 saturated carbocycles. The van der Waals surface area contributed by atoms with Crippen molar-refractivity contribution >= 4 is 31.7 Å². The fraction of sp³-hybridized carbons (Fsp3) is 0.412. The van der Waals surface area contributed by atoms with Crippen molar-refractivity contribution in [3.8, 4) is 0 Å². The van der Waals surface area contributed by atoms with Gasteiger partial charge < -0.3 is 14.2 Å². The van der Waals surface area contributed by atoms with E-state index in [1.807, 2.05) is 0 Å². The fourth-order valence-electron chi connectivity index (χ4n) is 3.38. The van der Waals surface area contributed by atoms with E-state index in [9.17, 15) is 21.6 Å². The first kappa shape index (κ1) is 22.2. The minimum atomic E-state index is -4.00. The van der Waals surface area contributed by atoms with Crippen LogP contribution in [0.5, 0.6) is 0 Å². The molecule has 0 atom stereocenters. The average Bonchev–Trinajstić information content (AvgIpc) is 3.05. The molecule has 1 aromatic carbocycles. The molecule has 13 heteroatoms. The van der Waals surface area contributed by atoms with E-state index in [-0.39, 0.29) is 47.3 Å². The summed E-state index contributed by atoms with van der Waals surface area (Å²) in [6, 6.07) is 3.91. The largest absolute Gasteiger partial charge is 0.465 e. The summed E-state index contributed by atoms with van der Waals surface area (Å²) in [5.41, 5.74) is 0.760. The molecule has 3 rings (SSSR count). The monoisotopic (exact) mass is 458 g/mol. The van der Waals surface area contributed by atoms with Gasteiger partial charge in [0, 0.05) is 26.2 Å². The molecular formula is C17H22N4O7S2. The van der Waals surface area contributed by atoms with Crippen LogP contribution in [0.15, 0.2) is 32.5 Å². The second-order valence-corrected chi connectivity index (χ2v) is 10.2. The smallest absolute Gasteiger partial charge is 0.340 e. The number of benzene rings is 1. The summed E-state index contributed by atoms with van der Waals surface area (Å²) in [4.78, 5) is 13.8. The number of sulfonamides is 2. The number of aryl methyl sites for hydroxylation is 2. The predicted octanol–water partition coefficient (Wildman–Crippen LogP) is 0.236. The van der Waals surface area contributed by atoms with E-state index < -0.39 is 26.0 Å². The molecular weight excluding hydrogens is 436 g/mol. The van der Waals surface area contributed by atoms with Gasteiger partial charge in [-0.3, -0.25) is 0 Å². The number of carbonyl (C=O) groups excluding carboxylic acids is 1. The topological polar surface area (TPSA) is 153 Å². The molecule has 1 aliphatic heterocycles. The van der Waals surface area contributed by atoms with E-state index in [2.05, 4.69) is 5.16 Å². The highest BCUT2D eigenvalue weighted by molar-refractivity contribution is 7.89. The van der Waals surface area contributed by atoms with Crippen molar-refractivity contribution in [1.82, 2.24) is 9.46 Å². The fourth-order valence-corrected chi connectivity index (χ4v) is 5.64. The summed E-state index contributed by atoms with van der Waals surface area (Å²) in [5.74, 6) is -0.497. The van der Waals surface area contributed by atoms with Crippen LogP contribution in [0.3, 0.4) is 0 Å². The third kappa shape index (κ3) is 4.05. The van der Waals surface area contributed by atoms with Gasteiger partial charge in [0.15, 0.2) is 5.76 Å². The van der Waals surface area contributed by atoms with E-state index in [1.165, 1.54) is 23.5 Å². The van der Waals surface area contributed by atoms with Gasteiger partial charge in [0.25, 0.3) is 0 Å². The second-order valence-electron chi connectivity index (χ2n) is 6.76. The van der Waals surface area contributed by atoms with Crippen molar-refractivity contribution in [2.75, 3.05) is 38.2 Å². The van der Waals surface area contributed by atoms with Crippen LogP contribution in [0.2, 0.25) is 0 Å². The number of methoxy groups -OCH3 is 1. The first-order chi connectivity index (χ1) is 14.0. The highest BCUT2D eigenvalue weighted by Gasteiger charge is 2.34. The van der Waals surface area contributed by atoms with Crippen LogP contribution < -0.4 is 10.0 Å². The molecule has 0 aliphatic carbocycles. The van der Waals surface area contributed by atoms with Crippen molar-refractivity contribution in [2.45, 2.75) is 23.6 Å². The molecule has 2 heterocycles. The summed E-state index contributed by atoms with van der Waals surface area (Å²) in [7, 11) is -6.60. The van der Waals surface area contributed by atoms with Gasteiger partial charge in [0.1, 0.15) is 10.6 Å². The molecule has 2 N–H and O–H groups in total. The number of hydrogen-bond donors (Lipinski definition) is 1. The maximum absolute atomic E-state index is 13.0.